The molecule has 0 radical (unpaired) electrons. The quantitative estimate of drug-likeness (QED) is 0.744. The lowest BCUT2D eigenvalue weighted by molar-refractivity contribution is -0.123. The Kier molecular flexibility index (Phi) is 6.95. The average Bonchev–Trinajstić information content (AvgIpc) is 3.31. The van der Waals surface area contributed by atoms with E-state index >= 15 is 0 Å². The van der Waals surface area contributed by atoms with Gasteiger partial charge in [-0.1, -0.05) is 18.9 Å². The lowest BCUT2D eigenvalue weighted by atomic mass is 9.87. The largest absolute Gasteiger partial charge is 0.347 e. The first-order chi connectivity index (χ1) is 15.1. The molecule has 1 N–H and O–H groups in total. The first kappa shape index (κ1) is 21.5. The summed E-state index contributed by atoms with van der Waals surface area (Å²) in [4.78, 5) is 32.1. The molecule has 1 aromatic heterocycles. The van der Waals surface area contributed by atoms with Gasteiger partial charge < -0.3 is 10.2 Å². The molecule has 2 aliphatic rings. The first-order valence-corrected chi connectivity index (χ1v) is 11.4. The number of carbonyl (C=O) groups excluding carboxylic acids is 2. The van der Waals surface area contributed by atoms with Crippen molar-refractivity contribution in [3.05, 3.63) is 65.7 Å². The maximum absolute atomic E-state index is 13.2. The van der Waals surface area contributed by atoms with Crippen molar-refractivity contribution in [3.63, 3.8) is 0 Å². The Morgan fingerprint density at radius 2 is 1.84 bits per heavy atom. The van der Waals surface area contributed by atoms with Crippen LogP contribution in [0.5, 0.6) is 0 Å². The normalized spacial score (nSPS) is 20.4. The number of hydrogen-bond donors (Lipinski definition) is 1. The fourth-order valence-corrected chi connectivity index (χ4v) is 4.94. The van der Waals surface area contributed by atoms with Crippen LogP contribution in [0.3, 0.4) is 0 Å². The van der Waals surface area contributed by atoms with E-state index in [1.807, 2.05) is 23.1 Å². The molecule has 31 heavy (non-hydrogen) atoms. The molecule has 0 unspecified atom stereocenters. The summed E-state index contributed by atoms with van der Waals surface area (Å²) in [6.45, 7) is 1.21. The molecule has 2 fully saturated rings. The zero-order chi connectivity index (χ0) is 21.6. The molecule has 4 rings (SSSR count). The van der Waals surface area contributed by atoms with Gasteiger partial charge in [0.1, 0.15) is 5.82 Å². The van der Waals surface area contributed by atoms with Crippen LogP contribution < -0.4 is 5.32 Å². The topological polar surface area (TPSA) is 62.3 Å². The molecule has 1 aromatic carbocycles. The van der Waals surface area contributed by atoms with Crippen LogP contribution in [0.1, 0.15) is 67.0 Å². The maximum Gasteiger partial charge on any atom is 0.253 e. The van der Waals surface area contributed by atoms with Crippen LogP contribution in [0.4, 0.5) is 4.39 Å². The van der Waals surface area contributed by atoms with Gasteiger partial charge in [-0.2, -0.15) is 0 Å². The fourth-order valence-electron chi connectivity index (χ4n) is 4.94. The molecule has 1 saturated heterocycles. The van der Waals surface area contributed by atoms with Gasteiger partial charge in [0.15, 0.2) is 0 Å². The van der Waals surface area contributed by atoms with E-state index < -0.39 is 0 Å². The van der Waals surface area contributed by atoms with Crippen molar-refractivity contribution in [1.82, 2.24) is 15.2 Å². The highest BCUT2D eigenvalue weighted by Gasteiger charge is 2.33. The standard InChI is InChI=1S/C25H30FN3O2/c26-21-12-10-19(11-13-21)25(31)29-15-5-8-20(17-29)24(22-9-3-4-14-27-22)28-23(30)16-18-6-1-2-7-18/h3-4,9-14,18,20,24H,1-2,5-8,15-17H2,(H,28,30)/t20-,24-/m1/s1. The number of aromatic nitrogens is 1. The van der Waals surface area contributed by atoms with Crippen LogP contribution in [0.2, 0.25) is 0 Å². The van der Waals surface area contributed by atoms with Crippen LogP contribution >= 0.6 is 0 Å². The number of pyridine rings is 1. The first-order valence-electron chi connectivity index (χ1n) is 11.4. The van der Waals surface area contributed by atoms with Gasteiger partial charge in [0.05, 0.1) is 11.7 Å². The van der Waals surface area contributed by atoms with Gasteiger partial charge in [0.25, 0.3) is 5.91 Å². The zero-order valence-electron chi connectivity index (χ0n) is 17.8. The van der Waals surface area contributed by atoms with Gasteiger partial charge in [-0.25, -0.2) is 4.39 Å². The molecule has 2 heterocycles. The number of piperidine rings is 1. The van der Waals surface area contributed by atoms with E-state index in [9.17, 15) is 14.0 Å². The Labute approximate surface area is 183 Å². The Hall–Kier alpha value is -2.76. The average molecular weight is 424 g/mol. The zero-order valence-corrected chi connectivity index (χ0v) is 17.8. The molecule has 2 atom stereocenters. The highest BCUT2D eigenvalue weighted by atomic mass is 19.1. The molecule has 1 saturated carbocycles. The number of hydrogen-bond acceptors (Lipinski definition) is 3. The predicted octanol–water partition coefficient (Wildman–Crippen LogP) is 4.51. The van der Waals surface area contributed by atoms with E-state index in [-0.39, 0.29) is 29.6 Å². The number of benzene rings is 1. The second-order valence-electron chi connectivity index (χ2n) is 8.81. The summed E-state index contributed by atoms with van der Waals surface area (Å²) in [5.74, 6) is 0.187. The second kappa shape index (κ2) is 10.0. The van der Waals surface area contributed by atoms with Gasteiger partial charge >= 0.3 is 0 Å². The Morgan fingerprint density at radius 1 is 1.06 bits per heavy atom. The van der Waals surface area contributed by atoms with Gasteiger partial charge in [-0.15, -0.1) is 0 Å². The van der Waals surface area contributed by atoms with E-state index in [2.05, 4.69) is 10.3 Å². The van der Waals surface area contributed by atoms with Crippen molar-refractivity contribution < 1.29 is 14.0 Å². The molecule has 2 amide bonds. The minimum atomic E-state index is -0.353. The van der Waals surface area contributed by atoms with Crippen LogP contribution in [-0.2, 0) is 4.79 Å². The van der Waals surface area contributed by atoms with Gasteiger partial charge in [0.2, 0.25) is 5.91 Å². The van der Waals surface area contributed by atoms with Gasteiger partial charge in [-0.05, 0) is 68.0 Å². The number of likely N-dealkylation sites (tertiary alicyclic amines) is 1. The summed E-state index contributed by atoms with van der Waals surface area (Å²) in [5.41, 5.74) is 1.32. The highest BCUT2D eigenvalue weighted by molar-refractivity contribution is 5.94. The van der Waals surface area contributed by atoms with Crippen molar-refractivity contribution in [3.8, 4) is 0 Å². The summed E-state index contributed by atoms with van der Waals surface area (Å²) in [5, 5.41) is 3.25. The van der Waals surface area contributed by atoms with Crippen LogP contribution in [0, 0.1) is 17.7 Å². The van der Waals surface area contributed by atoms with Crippen LogP contribution in [-0.4, -0.2) is 34.8 Å². The molecule has 0 bridgehead atoms. The third kappa shape index (κ3) is 5.49. The molecule has 1 aliphatic carbocycles. The molecular formula is C25H30FN3O2. The van der Waals surface area contributed by atoms with E-state index in [0.717, 1.165) is 31.4 Å². The molecule has 2 aromatic rings. The SMILES string of the molecule is O=C(CC1CCCC1)N[C@@H](c1ccccn1)[C@@H]1CCCN(C(=O)c2ccc(F)cc2)C1. The third-order valence-corrected chi connectivity index (χ3v) is 6.58. The van der Waals surface area contributed by atoms with Crippen molar-refractivity contribution in [2.24, 2.45) is 11.8 Å². The number of rotatable bonds is 6. The molecule has 0 spiro atoms. The minimum Gasteiger partial charge on any atom is -0.347 e. The van der Waals surface area contributed by atoms with Crippen molar-refractivity contribution >= 4 is 11.8 Å². The number of nitrogens with one attached hydrogen (secondary N) is 1. The van der Waals surface area contributed by atoms with Gasteiger partial charge in [-0.3, -0.25) is 14.6 Å². The lowest BCUT2D eigenvalue weighted by Gasteiger charge is -2.37. The summed E-state index contributed by atoms with van der Waals surface area (Å²) in [6, 6.07) is 11.2. The molecule has 164 valence electrons. The second-order valence-corrected chi connectivity index (χ2v) is 8.81. The van der Waals surface area contributed by atoms with E-state index in [4.69, 9.17) is 0 Å². The van der Waals surface area contributed by atoms with Crippen molar-refractivity contribution in [1.29, 1.82) is 0 Å². The predicted molar refractivity (Wildman–Crippen MR) is 117 cm³/mol. The lowest BCUT2D eigenvalue weighted by Crippen LogP contribution is -2.45. The fraction of sp³-hybridized carbons (Fsp3) is 0.480. The maximum atomic E-state index is 13.2. The molecule has 1 aliphatic heterocycles. The number of halogens is 1. The monoisotopic (exact) mass is 423 g/mol. The number of carbonyl (C=O) groups is 2. The van der Waals surface area contributed by atoms with E-state index in [0.29, 0.717) is 31.0 Å². The van der Waals surface area contributed by atoms with Gasteiger partial charge in [0, 0.05) is 37.2 Å². The minimum absolute atomic E-state index is 0.0736. The molecular weight excluding hydrogens is 393 g/mol. The van der Waals surface area contributed by atoms with E-state index in [1.54, 1.807) is 6.20 Å². The summed E-state index contributed by atoms with van der Waals surface area (Å²) in [6.07, 6.45) is 8.77. The smallest absolute Gasteiger partial charge is 0.253 e. The summed E-state index contributed by atoms with van der Waals surface area (Å²) in [7, 11) is 0. The van der Waals surface area contributed by atoms with Crippen molar-refractivity contribution in [2.75, 3.05) is 13.1 Å². The van der Waals surface area contributed by atoms with Crippen molar-refractivity contribution in [2.45, 2.75) is 51.0 Å². The number of amides is 2. The Bertz CT molecular complexity index is 881. The highest BCUT2D eigenvalue weighted by Crippen LogP contribution is 2.31. The number of nitrogens with zero attached hydrogens (tertiary/aromatic N) is 2. The van der Waals surface area contributed by atoms with Crippen LogP contribution in [0.15, 0.2) is 48.7 Å². The molecule has 5 nitrogen and oxygen atoms in total. The Morgan fingerprint density at radius 3 is 2.55 bits per heavy atom. The summed E-state index contributed by atoms with van der Waals surface area (Å²) < 4.78 is 13.2. The van der Waals surface area contributed by atoms with Crippen LogP contribution in [0.25, 0.3) is 0 Å². The third-order valence-electron chi connectivity index (χ3n) is 6.58. The summed E-state index contributed by atoms with van der Waals surface area (Å²) >= 11 is 0. The van der Waals surface area contributed by atoms with E-state index in [1.165, 1.54) is 37.1 Å². The molecule has 6 heteroatoms. The Balaban J connectivity index is 1.48.